The first-order valence-electron chi connectivity index (χ1n) is 3.66. The third-order valence-corrected chi connectivity index (χ3v) is 2.10. The van der Waals surface area contributed by atoms with E-state index in [-0.39, 0.29) is 11.9 Å². The van der Waals surface area contributed by atoms with Crippen molar-refractivity contribution in [3.05, 3.63) is 0 Å². The second-order valence-corrected chi connectivity index (χ2v) is 2.73. The van der Waals surface area contributed by atoms with Crippen LogP contribution in [0.2, 0.25) is 0 Å². The monoisotopic (exact) mass is 141 g/mol. The van der Waals surface area contributed by atoms with E-state index in [4.69, 9.17) is 0 Å². The number of hydrogen-bond acceptors (Lipinski definition) is 3. The first-order valence-corrected chi connectivity index (χ1v) is 3.66. The van der Waals surface area contributed by atoms with Gasteiger partial charge < -0.3 is 5.32 Å². The van der Waals surface area contributed by atoms with Gasteiger partial charge in [0.05, 0.1) is 6.67 Å². The van der Waals surface area contributed by atoms with E-state index in [0.717, 1.165) is 19.4 Å². The minimum absolute atomic E-state index is 0.105. The lowest BCUT2D eigenvalue weighted by Crippen LogP contribution is -2.58. The Balaban J connectivity index is 2.10. The fourth-order valence-corrected chi connectivity index (χ4v) is 1.57. The van der Waals surface area contributed by atoms with E-state index >= 15 is 0 Å². The zero-order valence-corrected chi connectivity index (χ0v) is 5.76. The molecule has 2 aliphatic heterocycles. The molecule has 4 heteroatoms. The van der Waals surface area contributed by atoms with Crippen LogP contribution in [0.25, 0.3) is 0 Å². The topological polar surface area (TPSA) is 44.4 Å². The van der Waals surface area contributed by atoms with E-state index in [2.05, 4.69) is 10.7 Å². The predicted molar refractivity (Wildman–Crippen MR) is 35.9 cm³/mol. The molecule has 0 aromatic rings. The lowest BCUT2D eigenvalue weighted by molar-refractivity contribution is -0.130. The van der Waals surface area contributed by atoms with Crippen LogP contribution >= 0.6 is 0 Å². The summed E-state index contributed by atoms with van der Waals surface area (Å²) >= 11 is 0. The number of carbonyl (C=O) groups is 1. The van der Waals surface area contributed by atoms with Crippen molar-refractivity contribution in [2.24, 2.45) is 0 Å². The van der Waals surface area contributed by atoms with Crippen molar-refractivity contribution >= 4 is 5.91 Å². The fraction of sp³-hybridized carbons (Fsp3) is 0.833. The zero-order valence-electron chi connectivity index (χ0n) is 5.76. The van der Waals surface area contributed by atoms with Crippen molar-refractivity contribution in [1.29, 1.82) is 0 Å². The molecule has 4 nitrogen and oxygen atoms in total. The molecule has 1 unspecified atom stereocenters. The highest BCUT2D eigenvalue weighted by Gasteiger charge is 2.32. The van der Waals surface area contributed by atoms with Crippen LogP contribution in [0.4, 0.5) is 0 Å². The summed E-state index contributed by atoms with van der Waals surface area (Å²) in [7, 11) is 0. The first kappa shape index (κ1) is 6.12. The van der Waals surface area contributed by atoms with Gasteiger partial charge in [-0.2, -0.15) is 0 Å². The predicted octanol–water partition coefficient (Wildman–Crippen LogP) is -0.957. The average molecular weight is 141 g/mol. The van der Waals surface area contributed by atoms with E-state index in [9.17, 15) is 4.79 Å². The molecule has 0 spiro atoms. The summed E-state index contributed by atoms with van der Waals surface area (Å²) < 4.78 is 0. The van der Waals surface area contributed by atoms with Crippen LogP contribution in [0, 0.1) is 0 Å². The van der Waals surface area contributed by atoms with Crippen LogP contribution in [0.3, 0.4) is 0 Å². The molecule has 2 fully saturated rings. The quantitative estimate of drug-likeness (QED) is 0.457. The number of amides is 1. The molecular weight excluding hydrogens is 130 g/mol. The molecule has 2 heterocycles. The number of nitrogens with zero attached hydrogens (tertiary/aromatic N) is 1. The van der Waals surface area contributed by atoms with Gasteiger partial charge in [-0.1, -0.05) is 0 Å². The summed E-state index contributed by atoms with van der Waals surface area (Å²) in [6.45, 7) is 1.60. The van der Waals surface area contributed by atoms with Crippen molar-refractivity contribution in [3.63, 3.8) is 0 Å². The molecule has 0 bridgehead atoms. The fourth-order valence-electron chi connectivity index (χ4n) is 1.57. The molecule has 0 aliphatic carbocycles. The smallest absolute Gasteiger partial charge is 0.239 e. The lowest BCUT2D eigenvalue weighted by atomic mass is 10.2. The second kappa shape index (κ2) is 2.21. The van der Waals surface area contributed by atoms with Crippen molar-refractivity contribution in [1.82, 2.24) is 15.8 Å². The first-order chi connectivity index (χ1) is 4.88. The summed E-state index contributed by atoms with van der Waals surface area (Å²) in [5, 5.41) is 4.79. The van der Waals surface area contributed by atoms with Crippen LogP contribution in [0.1, 0.15) is 12.8 Å². The Morgan fingerprint density at radius 2 is 2.50 bits per heavy atom. The molecule has 1 atom stereocenters. The van der Waals surface area contributed by atoms with Gasteiger partial charge in [0, 0.05) is 6.54 Å². The Bertz CT molecular complexity index is 159. The molecule has 0 radical (unpaired) electrons. The molecule has 2 saturated heterocycles. The van der Waals surface area contributed by atoms with E-state index in [0.29, 0.717) is 6.67 Å². The van der Waals surface area contributed by atoms with E-state index in [1.54, 1.807) is 0 Å². The highest BCUT2D eigenvalue weighted by molar-refractivity contribution is 5.82. The maximum absolute atomic E-state index is 11.1. The van der Waals surface area contributed by atoms with Crippen molar-refractivity contribution in [2.45, 2.75) is 18.9 Å². The normalized spacial score (nSPS) is 33.6. The SMILES string of the molecule is O=C1NCNN2CCCC12. The number of carbonyl (C=O) groups excluding carboxylic acids is 1. The highest BCUT2D eigenvalue weighted by atomic mass is 16.2. The second-order valence-electron chi connectivity index (χ2n) is 2.73. The molecule has 2 rings (SSSR count). The van der Waals surface area contributed by atoms with Gasteiger partial charge in [0.2, 0.25) is 5.91 Å². The highest BCUT2D eigenvalue weighted by Crippen LogP contribution is 2.15. The molecule has 0 aromatic carbocycles. The van der Waals surface area contributed by atoms with Crippen molar-refractivity contribution < 1.29 is 4.79 Å². The third kappa shape index (κ3) is 0.803. The van der Waals surface area contributed by atoms with E-state index < -0.39 is 0 Å². The lowest BCUT2D eigenvalue weighted by Gasteiger charge is -2.29. The Kier molecular flexibility index (Phi) is 1.35. The van der Waals surface area contributed by atoms with Gasteiger partial charge in [-0.15, -0.1) is 0 Å². The van der Waals surface area contributed by atoms with Gasteiger partial charge in [-0.3, -0.25) is 4.79 Å². The summed E-state index contributed by atoms with van der Waals surface area (Å²) in [4.78, 5) is 11.1. The third-order valence-electron chi connectivity index (χ3n) is 2.10. The van der Waals surface area contributed by atoms with Crippen LogP contribution in [-0.2, 0) is 4.79 Å². The molecule has 0 saturated carbocycles. The van der Waals surface area contributed by atoms with Crippen LogP contribution in [-0.4, -0.2) is 30.2 Å². The van der Waals surface area contributed by atoms with Gasteiger partial charge in [0.1, 0.15) is 6.04 Å². The number of hydrazine groups is 1. The zero-order chi connectivity index (χ0) is 6.97. The van der Waals surface area contributed by atoms with Crippen LogP contribution in [0.15, 0.2) is 0 Å². The Morgan fingerprint density at radius 1 is 1.60 bits per heavy atom. The Hall–Kier alpha value is -0.610. The minimum Gasteiger partial charge on any atom is -0.341 e. The van der Waals surface area contributed by atoms with Gasteiger partial charge in [0.25, 0.3) is 0 Å². The molecule has 2 aliphatic rings. The minimum atomic E-state index is 0.105. The summed E-state index contributed by atoms with van der Waals surface area (Å²) in [5.41, 5.74) is 3.11. The molecular formula is C6H11N3O. The van der Waals surface area contributed by atoms with E-state index in [1.165, 1.54) is 0 Å². The summed E-state index contributed by atoms with van der Waals surface area (Å²) in [6.07, 6.45) is 2.13. The standard InChI is InChI=1S/C6H11N3O/c10-6-5-2-1-3-9(5)8-4-7-6/h5,8H,1-4H2,(H,7,10). The van der Waals surface area contributed by atoms with Crippen LogP contribution < -0.4 is 10.7 Å². The maximum atomic E-state index is 11.1. The summed E-state index contributed by atoms with van der Waals surface area (Å²) in [5.74, 6) is 0.177. The number of rotatable bonds is 0. The molecule has 10 heavy (non-hydrogen) atoms. The molecule has 0 aromatic heterocycles. The van der Waals surface area contributed by atoms with Gasteiger partial charge >= 0.3 is 0 Å². The van der Waals surface area contributed by atoms with Crippen LogP contribution in [0.5, 0.6) is 0 Å². The maximum Gasteiger partial charge on any atom is 0.239 e. The number of hydrogen-bond donors (Lipinski definition) is 2. The number of nitrogens with one attached hydrogen (secondary N) is 2. The molecule has 56 valence electrons. The Labute approximate surface area is 59.5 Å². The van der Waals surface area contributed by atoms with Gasteiger partial charge in [-0.05, 0) is 12.8 Å². The largest absolute Gasteiger partial charge is 0.341 e. The van der Waals surface area contributed by atoms with Gasteiger partial charge in [0.15, 0.2) is 0 Å². The summed E-state index contributed by atoms with van der Waals surface area (Å²) in [6, 6.07) is 0.105. The molecule has 1 amide bonds. The van der Waals surface area contributed by atoms with Crippen molar-refractivity contribution in [3.8, 4) is 0 Å². The molecule has 2 N–H and O–H groups in total. The van der Waals surface area contributed by atoms with E-state index in [1.807, 2.05) is 5.01 Å². The van der Waals surface area contributed by atoms with Gasteiger partial charge in [-0.25, -0.2) is 10.4 Å². The number of fused-ring (bicyclic) bond motifs is 1. The Morgan fingerprint density at radius 3 is 3.30 bits per heavy atom. The van der Waals surface area contributed by atoms with Crippen molar-refractivity contribution in [2.75, 3.05) is 13.2 Å². The average Bonchev–Trinajstić information content (AvgIpc) is 2.36.